The Kier molecular flexibility index (Phi) is 8.04. The van der Waals surface area contributed by atoms with Gasteiger partial charge >= 0.3 is 12.1 Å². The van der Waals surface area contributed by atoms with E-state index < -0.39 is 18.1 Å². The van der Waals surface area contributed by atoms with Crippen molar-refractivity contribution in [3.05, 3.63) is 75.7 Å². The van der Waals surface area contributed by atoms with Crippen molar-refractivity contribution in [3.8, 4) is 11.1 Å². The summed E-state index contributed by atoms with van der Waals surface area (Å²) < 4.78 is 5.58. The number of aromatic nitrogens is 1. The van der Waals surface area contributed by atoms with E-state index in [9.17, 15) is 14.4 Å². The Balaban J connectivity index is 1.36. The average molecular weight is 512 g/mol. The minimum absolute atomic E-state index is 0.0695. The van der Waals surface area contributed by atoms with Crippen molar-refractivity contribution in [2.45, 2.75) is 24.9 Å². The maximum atomic E-state index is 12.8. The number of rotatable bonds is 10. The molecule has 1 atom stereocenters. The molecule has 0 saturated heterocycles. The summed E-state index contributed by atoms with van der Waals surface area (Å²) in [6.07, 6.45) is 2.95. The zero-order valence-electron chi connectivity index (χ0n) is 19.0. The Bertz CT molecular complexity index is 1180. The number of carbonyl (C=O) groups is 3. The zero-order chi connectivity index (χ0) is 24.8. The standard InChI is InChI=1S/C25H25N3O5S2/c1-34-11-10-20(23(29)27-13-22-26-12-21(35-22)24(30)31)28-25(32)33-14-19-17-8-4-2-6-15(17)16-7-3-5-9-18(16)19/h2-9,12,19-20H,10-11,13-14H2,1H3,(H,27,29)(H,28,32)(H,30,31)/t20-/m0/s1. The van der Waals surface area contributed by atoms with Crippen LogP contribution >= 0.6 is 23.1 Å². The normalized spacial score (nSPS) is 12.9. The molecule has 0 radical (unpaired) electrons. The van der Waals surface area contributed by atoms with Gasteiger partial charge in [-0.2, -0.15) is 11.8 Å². The van der Waals surface area contributed by atoms with Crippen molar-refractivity contribution in [2.24, 2.45) is 0 Å². The van der Waals surface area contributed by atoms with Crippen molar-refractivity contribution in [1.29, 1.82) is 0 Å². The molecule has 3 N–H and O–H groups in total. The molecule has 10 heteroatoms. The second-order valence-corrected chi connectivity index (χ2v) is 10.0. The van der Waals surface area contributed by atoms with Gasteiger partial charge in [0.1, 0.15) is 22.5 Å². The quantitative estimate of drug-likeness (QED) is 0.375. The lowest BCUT2D eigenvalue weighted by Crippen LogP contribution is -2.47. The van der Waals surface area contributed by atoms with E-state index in [1.54, 1.807) is 11.8 Å². The molecule has 0 saturated carbocycles. The van der Waals surface area contributed by atoms with Crippen molar-refractivity contribution in [2.75, 3.05) is 18.6 Å². The third kappa shape index (κ3) is 5.83. The molecular weight excluding hydrogens is 486 g/mol. The predicted octanol–water partition coefficient (Wildman–Crippen LogP) is 4.12. The molecule has 2 aromatic carbocycles. The molecular formula is C25H25N3O5S2. The maximum absolute atomic E-state index is 12.8. The molecule has 0 aliphatic heterocycles. The Morgan fingerprint density at radius 3 is 2.37 bits per heavy atom. The summed E-state index contributed by atoms with van der Waals surface area (Å²) in [7, 11) is 0. The second kappa shape index (κ2) is 11.4. The van der Waals surface area contributed by atoms with Crippen LogP contribution in [-0.4, -0.2) is 52.7 Å². The van der Waals surface area contributed by atoms with Gasteiger partial charge < -0.3 is 20.5 Å². The summed E-state index contributed by atoms with van der Waals surface area (Å²) in [6, 6.07) is 15.4. The Morgan fingerprint density at radius 1 is 1.11 bits per heavy atom. The molecule has 8 nitrogen and oxygen atoms in total. The summed E-state index contributed by atoms with van der Waals surface area (Å²) in [4.78, 5) is 40.5. The molecule has 3 aromatic rings. The average Bonchev–Trinajstić information content (AvgIpc) is 3.47. The summed E-state index contributed by atoms with van der Waals surface area (Å²) in [5, 5.41) is 14.9. The molecule has 2 amide bonds. The lowest BCUT2D eigenvalue weighted by Gasteiger charge is -2.19. The van der Waals surface area contributed by atoms with E-state index in [0.29, 0.717) is 17.2 Å². The second-order valence-electron chi connectivity index (χ2n) is 7.95. The summed E-state index contributed by atoms with van der Waals surface area (Å²) in [5.74, 6) is -0.836. The lowest BCUT2D eigenvalue weighted by atomic mass is 9.98. The SMILES string of the molecule is CSCC[C@H](NC(=O)OCC1c2ccccc2-c2ccccc21)C(=O)NCc1ncc(C(=O)O)s1. The minimum Gasteiger partial charge on any atom is -0.477 e. The monoisotopic (exact) mass is 511 g/mol. The summed E-state index contributed by atoms with van der Waals surface area (Å²) in [6.45, 7) is 0.243. The van der Waals surface area contributed by atoms with Crippen LogP contribution in [0.5, 0.6) is 0 Å². The van der Waals surface area contributed by atoms with E-state index in [4.69, 9.17) is 9.84 Å². The van der Waals surface area contributed by atoms with Gasteiger partial charge in [-0.15, -0.1) is 11.3 Å². The van der Waals surface area contributed by atoms with E-state index in [-0.39, 0.29) is 29.9 Å². The van der Waals surface area contributed by atoms with Crippen LogP contribution in [0.15, 0.2) is 54.7 Å². The number of amides is 2. The molecule has 0 bridgehead atoms. The van der Waals surface area contributed by atoms with Crippen LogP contribution in [0.2, 0.25) is 0 Å². The molecule has 182 valence electrons. The number of aromatic carboxylic acids is 1. The van der Waals surface area contributed by atoms with E-state index in [0.717, 1.165) is 33.6 Å². The Morgan fingerprint density at radius 2 is 1.77 bits per heavy atom. The summed E-state index contributed by atoms with van der Waals surface area (Å²) in [5.41, 5.74) is 4.51. The number of carboxylic acids is 1. The molecule has 1 aliphatic rings. The van der Waals surface area contributed by atoms with Gasteiger partial charge in [-0.05, 0) is 40.7 Å². The van der Waals surface area contributed by atoms with Crippen LogP contribution in [0.4, 0.5) is 4.79 Å². The van der Waals surface area contributed by atoms with E-state index in [1.165, 1.54) is 6.20 Å². The first-order valence-corrected chi connectivity index (χ1v) is 13.2. The number of thiazole rings is 1. The van der Waals surface area contributed by atoms with Crippen LogP contribution < -0.4 is 10.6 Å². The number of alkyl carbamates (subject to hydrolysis) is 1. The molecule has 1 heterocycles. The van der Waals surface area contributed by atoms with Gasteiger partial charge in [0, 0.05) is 5.92 Å². The van der Waals surface area contributed by atoms with Crippen LogP contribution in [-0.2, 0) is 16.1 Å². The Labute approximate surface area is 211 Å². The highest BCUT2D eigenvalue weighted by molar-refractivity contribution is 7.98. The van der Waals surface area contributed by atoms with Gasteiger partial charge in [0.05, 0.1) is 12.7 Å². The lowest BCUT2D eigenvalue weighted by molar-refractivity contribution is -0.123. The first-order chi connectivity index (χ1) is 17.0. The molecule has 0 fully saturated rings. The van der Waals surface area contributed by atoms with Gasteiger partial charge in [-0.1, -0.05) is 48.5 Å². The molecule has 0 spiro atoms. The number of carboxylic acid groups (broad SMARTS) is 1. The number of carbonyl (C=O) groups excluding carboxylic acids is 2. The molecule has 4 rings (SSSR count). The van der Waals surface area contributed by atoms with E-state index in [2.05, 4.69) is 27.8 Å². The molecule has 35 heavy (non-hydrogen) atoms. The first-order valence-electron chi connectivity index (χ1n) is 11.0. The number of hydrogen-bond acceptors (Lipinski definition) is 7. The maximum Gasteiger partial charge on any atom is 0.407 e. The first kappa shape index (κ1) is 24.7. The number of nitrogens with one attached hydrogen (secondary N) is 2. The van der Waals surface area contributed by atoms with E-state index >= 15 is 0 Å². The number of thioether (sulfide) groups is 1. The fourth-order valence-electron chi connectivity index (χ4n) is 4.06. The van der Waals surface area contributed by atoms with E-state index in [1.807, 2.05) is 42.7 Å². The number of ether oxygens (including phenoxy) is 1. The van der Waals surface area contributed by atoms with Crippen molar-refractivity contribution in [1.82, 2.24) is 15.6 Å². The van der Waals surface area contributed by atoms with Gasteiger partial charge in [0.15, 0.2) is 0 Å². The Hall–Kier alpha value is -3.37. The molecule has 1 aliphatic carbocycles. The van der Waals surface area contributed by atoms with Gasteiger partial charge in [0.25, 0.3) is 0 Å². The van der Waals surface area contributed by atoms with Crippen molar-refractivity contribution >= 4 is 41.1 Å². The van der Waals surface area contributed by atoms with Crippen molar-refractivity contribution < 1.29 is 24.2 Å². The van der Waals surface area contributed by atoms with Gasteiger partial charge in [-0.3, -0.25) is 4.79 Å². The van der Waals surface area contributed by atoms with Gasteiger partial charge in [-0.25, -0.2) is 14.6 Å². The third-order valence-electron chi connectivity index (χ3n) is 5.74. The topological polar surface area (TPSA) is 118 Å². The fourth-order valence-corrected chi connectivity index (χ4v) is 5.23. The predicted molar refractivity (Wildman–Crippen MR) is 136 cm³/mol. The molecule has 1 aromatic heterocycles. The third-order valence-corrected chi connectivity index (χ3v) is 7.37. The highest BCUT2D eigenvalue weighted by Gasteiger charge is 2.29. The number of fused-ring (bicyclic) bond motifs is 3. The van der Waals surface area contributed by atoms with Crippen molar-refractivity contribution in [3.63, 3.8) is 0 Å². The highest BCUT2D eigenvalue weighted by Crippen LogP contribution is 2.44. The summed E-state index contributed by atoms with van der Waals surface area (Å²) >= 11 is 2.56. The molecule has 0 unspecified atom stereocenters. The number of nitrogens with zero attached hydrogens (tertiary/aromatic N) is 1. The zero-order valence-corrected chi connectivity index (χ0v) is 20.7. The largest absolute Gasteiger partial charge is 0.477 e. The van der Waals surface area contributed by atoms with Crippen LogP contribution in [0, 0.1) is 0 Å². The van der Waals surface area contributed by atoms with Gasteiger partial charge in [0.2, 0.25) is 5.91 Å². The van der Waals surface area contributed by atoms with Crippen LogP contribution in [0.25, 0.3) is 11.1 Å². The fraction of sp³-hybridized carbons (Fsp3) is 0.280. The minimum atomic E-state index is -1.06. The van der Waals surface area contributed by atoms with Crippen LogP contribution in [0.1, 0.15) is 38.1 Å². The number of benzene rings is 2. The highest BCUT2D eigenvalue weighted by atomic mass is 32.2. The smallest absolute Gasteiger partial charge is 0.407 e. The van der Waals surface area contributed by atoms with Crippen LogP contribution in [0.3, 0.4) is 0 Å². The number of hydrogen-bond donors (Lipinski definition) is 3.